The van der Waals surface area contributed by atoms with Crippen molar-refractivity contribution in [2.45, 2.75) is 38.7 Å². The summed E-state index contributed by atoms with van der Waals surface area (Å²) in [6.07, 6.45) is -4.31. The second-order valence-corrected chi connectivity index (χ2v) is 9.03. The highest BCUT2D eigenvalue weighted by Gasteiger charge is 2.32. The molecule has 11 heteroatoms. The normalized spacial score (nSPS) is 11.9. The molecule has 0 aliphatic heterocycles. The molecule has 0 aliphatic rings. The number of aliphatic carboxylic acids is 1. The second kappa shape index (κ2) is 15.5. The van der Waals surface area contributed by atoms with Crippen molar-refractivity contribution in [3.05, 3.63) is 90.0 Å². The van der Waals surface area contributed by atoms with Crippen LogP contribution in [-0.2, 0) is 22.4 Å². The molecule has 0 bridgehead atoms. The molecule has 0 aliphatic carbocycles. The zero-order chi connectivity index (χ0) is 29.7. The third-order valence-corrected chi connectivity index (χ3v) is 6.00. The molecule has 0 fully saturated rings. The van der Waals surface area contributed by atoms with E-state index >= 15 is 0 Å². The molecule has 0 spiro atoms. The Morgan fingerprint density at radius 2 is 1.61 bits per heavy atom. The molecule has 8 nitrogen and oxygen atoms in total. The quantitative estimate of drug-likeness (QED) is 0.226. The molecule has 0 saturated heterocycles. The number of para-hydroxylation sites is 2. The van der Waals surface area contributed by atoms with Crippen LogP contribution in [0.2, 0.25) is 0 Å². The van der Waals surface area contributed by atoms with Crippen LogP contribution in [0.5, 0.6) is 11.5 Å². The number of halogens is 3. The molecule has 0 saturated carbocycles. The van der Waals surface area contributed by atoms with Crippen molar-refractivity contribution < 1.29 is 42.1 Å². The molecular weight excluding hydrogens is 541 g/mol. The Bertz CT molecular complexity index is 1240. The van der Waals surface area contributed by atoms with Gasteiger partial charge in [-0.2, -0.15) is 0 Å². The van der Waals surface area contributed by atoms with Crippen molar-refractivity contribution in [1.82, 2.24) is 4.90 Å². The van der Waals surface area contributed by atoms with Crippen LogP contribution in [-0.4, -0.2) is 60.8 Å². The van der Waals surface area contributed by atoms with Crippen LogP contribution >= 0.6 is 0 Å². The molecule has 3 rings (SSSR count). The fourth-order valence-corrected chi connectivity index (χ4v) is 4.04. The minimum atomic E-state index is -4.91. The molecule has 0 heterocycles. The number of rotatable bonds is 15. The molecule has 0 aromatic heterocycles. The first-order valence-corrected chi connectivity index (χ1v) is 13.2. The highest BCUT2D eigenvalue weighted by atomic mass is 19.4. The van der Waals surface area contributed by atoms with Gasteiger partial charge in [-0.15, -0.1) is 13.2 Å². The minimum absolute atomic E-state index is 0.105. The van der Waals surface area contributed by atoms with Gasteiger partial charge in [0.25, 0.3) is 0 Å². The SMILES string of the molecule is CCOC(Cc1ccc(OCCN(CCCc2ccccc2)C(=O)Nc2ccccc2OC(F)(F)F)cc1)C(=O)O. The summed E-state index contributed by atoms with van der Waals surface area (Å²) >= 11 is 0. The number of carboxylic acid groups (broad SMARTS) is 1. The zero-order valence-corrected chi connectivity index (χ0v) is 22.6. The van der Waals surface area contributed by atoms with Crippen LogP contribution in [0.15, 0.2) is 78.9 Å². The summed E-state index contributed by atoms with van der Waals surface area (Å²) in [6, 6.07) is 21.4. The molecular formula is C30H33F3N2O6. The lowest BCUT2D eigenvalue weighted by atomic mass is 10.1. The Kier molecular flexibility index (Phi) is 11.8. The first-order valence-electron chi connectivity index (χ1n) is 13.2. The predicted octanol–water partition coefficient (Wildman–Crippen LogP) is 6.16. The Morgan fingerprint density at radius 3 is 2.27 bits per heavy atom. The van der Waals surface area contributed by atoms with Crippen molar-refractivity contribution in [3.8, 4) is 11.5 Å². The summed E-state index contributed by atoms with van der Waals surface area (Å²) in [6.45, 7) is 2.63. The average Bonchev–Trinajstić information content (AvgIpc) is 2.93. The van der Waals surface area contributed by atoms with Crippen molar-refractivity contribution >= 4 is 17.7 Å². The van der Waals surface area contributed by atoms with Crippen LogP contribution in [0.3, 0.4) is 0 Å². The number of ether oxygens (including phenoxy) is 3. The Balaban J connectivity index is 1.62. The summed E-state index contributed by atoms with van der Waals surface area (Å²) in [7, 11) is 0. The van der Waals surface area contributed by atoms with Crippen molar-refractivity contribution in [2.24, 2.45) is 0 Å². The Morgan fingerprint density at radius 1 is 0.927 bits per heavy atom. The van der Waals surface area contributed by atoms with E-state index in [0.29, 0.717) is 25.1 Å². The number of alkyl halides is 3. The zero-order valence-electron chi connectivity index (χ0n) is 22.6. The Labute approximate surface area is 236 Å². The number of carbonyl (C=O) groups is 2. The summed E-state index contributed by atoms with van der Waals surface area (Å²) in [5.41, 5.74) is 1.76. The maximum atomic E-state index is 13.1. The smallest absolute Gasteiger partial charge is 0.492 e. The van der Waals surface area contributed by atoms with Gasteiger partial charge in [0.15, 0.2) is 11.9 Å². The molecule has 0 radical (unpaired) electrons. The van der Waals surface area contributed by atoms with E-state index in [9.17, 15) is 27.9 Å². The molecule has 2 amide bonds. The number of urea groups is 1. The van der Waals surface area contributed by atoms with Crippen LogP contribution in [0, 0.1) is 0 Å². The van der Waals surface area contributed by atoms with Crippen molar-refractivity contribution in [2.75, 3.05) is 31.6 Å². The van der Waals surface area contributed by atoms with Gasteiger partial charge in [-0.05, 0) is 55.2 Å². The summed E-state index contributed by atoms with van der Waals surface area (Å²) in [4.78, 5) is 25.9. The van der Waals surface area contributed by atoms with Gasteiger partial charge >= 0.3 is 18.4 Å². The van der Waals surface area contributed by atoms with E-state index in [2.05, 4.69) is 10.1 Å². The summed E-state index contributed by atoms with van der Waals surface area (Å²) in [5.74, 6) is -1.03. The van der Waals surface area contributed by atoms with Gasteiger partial charge < -0.3 is 29.5 Å². The number of carboxylic acids is 1. The fraction of sp³-hybridized carbons (Fsp3) is 0.333. The van der Waals surface area contributed by atoms with E-state index in [0.717, 1.165) is 17.2 Å². The van der Waals surface area contributed by atoms with Gasteiger partial charge in [-0.3, -0.25) is 0 Å². The molecule has 220 valence electrons. The van der Waals surface area contributed by atoms with Crippen LogP contribution < -0.4 is 14.8 Å². The number of nitrogens with one attached hydrogen (secondary N) is 1. The topological polar surface area (TPSA) is 97.3 Å². The molecule has 3 aromatic carbocycles. The van der Waals surface area contributed by atoms with Gasteiger partial charge in [0.2, 0.25) is 0 Å². The number of nitrogens with zero attached hydrogens (tertiary/aromatic N) is 1. The molecule has 2 N–H and O–H groups in total. The highest BCUT2D eigenvalue weighted by molar-refractivity contribution is 5.91. The average molecular weight is 575 g/mol. The number of benzene rings is 3. The monoisotopic (exact) mass is 574 g/mol. The lowest BCUT2D eigenvalue weighted by molar-refractivity contribution is -0.274. The maximum absolute atomic E-state index is 13.1. The third kappa shape index (κ3) is 11.0. The van der Waals surface area contributed by atoms with Crippen LogP contribution in [0.4, 0.5) is 23.7 Å². The molecule has 1 unspecified atom stereocenters. The van der Waals surface area contributed by atoms with E-state index in [4.69, 9.17) is 9.47 Å². The maximum Gasteiger partial charge on any atom is 0.573 e. The number of hydrogen-bond donors (Lipinski definition) is 2. The number of amides is 2. The fourth-order valence-electron chi connectivity index (χ4n) is 4.04. The lowest BCUT2D eigenvalue weighted by Gasteiger charge is -2.24. The number of aryl methyl sites for hydroxylation is 1. The first-order chi connectivity index (χ1) is 19.6. The lowest BCUT2D eigenvalue weighted by Crippen LogP contribution is -2.39. The van der Waals surface area contributed by atoms with E-state index in [1.54, 1.807) is 31.2 Å². The number of hydrogen-bond acceptors (Lipinski definition) is 5. The molecule has 3 aromatic rings. The minimum Gasteiger partial charge on any atom is -0.492 e. The van der Waals surface area contributed by atoms with Gasteiger partial charge in [0, 0.05) is 19.6 Å². The predicted molar refractivity (Wildman–Crippen MR) is 147 cm³/mol. The van der Waals surface area contributed by atoms with Crippen molar-refractivity contribution in [3.63, 3.8) is 0 Å². The standard InChI is InChI=1S/C30H33F3N2O6/c1-2-39-27(28(36)37)21-23-14-16-24(17-15-23)40-20-19-35(18-8-11-22-9-4-3-5-10-22)29(38)34-25-12-6-7-13-26(25)41-30(31,32)33/h3-7,9-10,12-17,27H,2,8,11,18-21H2,1H3,(H,34,38)(H,36,37). The second-order valence-electron chi connectivity index (χ2n) is 9.03. The number of anilines is 1. The van der Waals surface area contributed by atoms with E-state index in [1.165, 1.54) is 23.1 Å². The van der Waals surface area contributed by atoms with Gasteiger partial charge in [0.1, 0.15) is 12.4 Å². The van der Waals surface area contributed by atoms with Gasteiger partial charge in [-0.25, -0.2) is 9.59 Å². The van der Waals surface area contributed by atoms with E-state index in [1.807, 2.05) is 30.3 Å². The summed E-state index contributed by atoms with van der Waals surface area (Å²) < 4.78 is 53.6. The molecule has 41 heavy (non-hydrogen) atoms. The first kappa shape index (κ1) is 31.3. The van der Waals surface area contributed by atoms with E-state index < -0.39 is 30.2 Å². The molecule has 1 atom stereocenters. The van der Waals surface area contributed by atoms with Crippen LogP contribution in [0.25, 0.3) is 0 Å². The van der Waals surface area contributed by atoms with Gasteiger partial charge in [-0.1, -0.05) is 54.6 Å². The highest BCUT2D eigenvalue weighted by Crippen LogP contribution is 2.30. The Hall–Kier alpha value is -4.25. The van der Waals surface area contributed by atoms with Crippen LogP contribution in [0.1, 0.15) is 24.5 Å². The van der Waals surface area contributed by atoms with E-state index in [-0.39, 0.29) is 31.9 Å². The third-order valence-electron chi connectivity index (χ3n) is 6.00. The largest absolute Gasteiger partial charge is 0.573 e. The van der Waals surface area contributed by atoms with Gasteiger partial charge in [0.05, 0.1) is 12.2 Å². The summed E-state index contributed by atoms with van der Waals surface area (Å²) in [5, 5.41) is 11.8. The van der Waals surface area contributed by atoms with Crippen molar-refractivity contribution in [1.29, 1.82) is 0 Å². The number of carbonyl (C=O) groups excluding carboxylic acids is 1.